The van der Waals surface area contributed by atoms with Crippen molar-refractivity contribution in [1.29, 1.82) is 0 Å². The Morgan fingerprint density at radius 1 is 1.53 bits per heavy atom. The lowest BCUT2D eigenvalue weighted by Crippen LogP contribution is -2.12. The van der Waals surface area contributed by atoms with Crippen molar-refractivity contribution in [2.45, 2.75) is 19.8 Å². The summed E-state index contributed by atoms with van der Waals surface area (Å²) < 4.78 is 10.6. The molecule has 0 fully saturated rings. The van der Waals surface area contributed by atoms with E-state index in [1.165, 1.54) is 0 Å². The van der Waals surface area contributed by atoms with Gasteiger partial charge in [0.15, 0.2) is 5.78 Å². The summed E-state index contributed by atoms with van der Waals surface area (Å²) in [5, 5.41) is 0.661. The van der Waals surface area contributed by atoms with Crippen molar-refractivity contribution in [2.24, 2.45) is 0 Å². The van der Waals surface area contributed by atoms with Gasteiger partial charge in [-0.2, -0.15) is 0 Å². The Labute approximate surface area is 106 Å². The van der Waals surface area contributed by atoms with Gasteiger partial charge < -0.3 is 9.47 Å². The number of ether oxygens (including phenoxy) is 2. The minimum absolute atomic E-state index is 0.0480. The van der Waals surface area contributed by atoms with Gasteiger partial charge in [-0.3, -0.25) is 4.79 Å². The Morgan fingerprint density at radius 3 is 3.12 bits per heavy atom. The van der Waals surface area contributed by atoms with Crippen LogP contribution in [0.1, 0.15) is 18.1 Å². The maximum absolute atomic E-state index is 11.7. The number of hydrogen-bond donors (Lipinski definition) is 0. The molecule has 1 aliphatic rings. The largest absolute Gasteiger partial charge is 0.493 e. The fraction of sp³-hybridized carbons (Fsp3) is 0.462. The highest BCUT2D eigenvalue weighted by atomic mass is 35.5. The molecular formula is C13H15ClO3. The van der Waals surface area contributed by atoms with Crippen molar-refractivity contribution in [3.05, 3.63) is 28.3 Å². The van der Waals surface area contributed by atoms with Crippen molar-refractivity contribution in [3.63, 3.8) is 0 Å². The lowest BCUT2D eigenvalue weighted by molar-refractivity contribution is -0.122. The number of hydrogen-bond acceptors (Lipinski definition) is 3. The first-order valence-electron chi connectivity index (χ1n) is 5.74. The van der Waals surface area contributed by atoms with Gasteiger partial charge in [-0.15, -0.1) is 0 Å². The smallest absolute Gasteiger partial charge is 0.162 e. The predicted octanol–water partition coefficient (Wildman–Crippen LogP) is 2.42. The van der Waals surface area contributed by atoms with Gasteiger partial charge in [-0.05, 0) is 24.6 Å². The third kappa shape index (κ3) is 2.99. The van der Waals surface area contributed by atoms with Crippen LogP contribution in [0.5, 0.6) is 5.75 Å². The quantitative estimate of drug-likeness (QED) is 0.810. The lowest BCUT2D eigenvalue weighted by Gasteiger charge is -2.08. The molecule has 0 aliphatic carbocycles. The van der Waals surface area contributed by atoms with Crippen molar-refractivity contribution in [2.75, 3.05) is 19.8 Å². The van der Waals surface area contributed by atoms with Crippen LogP contribution in [0.4, 0.5) is 0 Å². The van der Waals surface area contributed by atoms with Gasteiger partial charge in [0.05, 0.1) is 6.61 Å². The SMILES string of the molecule is CCOCC(=O)Cc1cc(Cl)cc2c1OCC2. The molecule has 0 radical (unpaired) electrons. The molecule has 0 spiro atoms. The first-order chi connectivity index (χ1) is 8.20. The normalized spacial score (nSPS) is 13.3. The molecule has 0 bridgehead atoms. The van der Waals surface area contributed by atoms with E-state index in [9.17, 15) is 4.79 Å². The molecule has 0 aromatic heterocycles. The minimum Gasteiger partial charge on any atom is -0.493 e. The van der Waals surface area contributed by atoms with Gasteiger partial charge in [0, 0.05) is 30.0 Å². The van der Waals surface area contributed by atoms with Crippen LogP contribution in [0.2, 0.25) is 5.02 Å². The number of rotatable bonds is 5. The number of benzene rings is 1. The van der Waals surface area contributed by atoms with E-state index < -0.39 is 0 Å². The topological polar surface area (TPSA) is 35.5 Å². The van der Waals surface area contributed by atoms with Crippen LogP contribution < -0.4 is 4.74 Å². The number of Topliss-reactive ketones (excluding diaryl/α,β-unsaturated/α-hetero) is 1. The molecule has 92 valence electrons. The number of ketones is 1. The van der Waals surface area contributed by atoms with E-state index in [-0.39, 0.29) is 12.4 Å². The maximum atomic E-state index is 11.7. The Kier molecular flexibility index (Phi) is 4.02. The van der Waals surface area contributed by atoms with E-state index in [1.807, 2.05) is 13.0 Å². The number of halogens is 1. The summed E-state index contributed by atoms with van der Waals surface area (Å²) >= 11 is 6.02. The second-order valence-corrected chi connectivity index (χ2v) is 4.44. The van der Waals surface area contributed by atoms with Gasteiger partial charge in [0.1, 0.15) is 12.4 Å². The summed E-state index contributed by atoms with van der Waals surface area (Å²) in [7, 11) is 0. The van der Waals surface area contributed by atoms with E-state index in [0.717, 1.165) is 23.3 Å². The zero-order valence-electron chi connectivity index (χ0n) is 9.79. The molecule has 17 heavy (non-hydrogen) atoms. The highest BCUT2D eigenvalue weighted by molar-refractivity contribution is 6.30. The van der Waals surface area contributed by atoms with E-state index >= 15 is 0 Å². The Hall–Kier alpha value is -1.06. The van der Waals surface area contributed by atoms with Gasteiger partial charge in [-0.1, -0.05) is 11.6 Å². The second-order valence-electron chi connectivity index (χ2n) is 4.00. The zero-order valence-corrected chi connectivity index (χ0v) is 10.5. The van der Waals surface area contributed by atoms with Gasteiger partial charge in [-0.25, -0.2) is 0 Å². The molecule has 1 heterocycles. The Balaban J connectivity index is 2.13. The summed E-state index contributed by atoms with van der Waals surface area (Å²) in [6.07, 6.45) is 1.19. The second kappa shape index (κ2) is 5.52. The third-order valence-electron chi connectivity index (χ3n) is 2.68. The average Bonchev–Trinajstić information content (AvgIpc) is 2.74. The van der Waals surface area contributed by atoms with Gasteiger partial charge in [0.2, 0.25) is 0 Å². The molecule has 0 unspecified atom stereocenters. The summed E-state index contributed by atoms with van der Waals surface area (Å²) in [4.78, 5) is 11.7. The molecule has 3 nitrogen and oxygen atoms in total. The standard InChI is InChI=1S/C13H15ClO3/c1-2-16-8-12(15)7-10-6-11(14)5-9-3-4-17-13(9)10/h5-6H,2-4,7-8H2,1H3. The fourth-order valence-electron chi connectivity index (χ4n) is 1.96. The Morgan fingerprint density at radius 2 is 2.35 bits per heavy atom. The number of carbonyl (C=O) groups excluding carboxylic acids is 1. The fourth-order valence-corrected chi connectivity index (χ4v) is 2.22. The van der Waals surface area contributed by atoms with E-state index in [0.29, 0.717) is 24.7 Å². The van der Waals surface area contributed by atoms with Crippen LogP contribution in [-0.4, -0.2) is 25.6 Å². The molecule has 0 N–H and O–H groups in total. The van der Waals surface area contributed by atoms with E-state index in [2.05, 4.69) is 0 Å². The molecule has 1 aromatic carbocycles. The summed E-state index contributed by atoms with van der Waals surface area (Å²) in [5.41, 5.74) is 1.96. The summed E-state index contributed by atoms with van der Waals surface area (Å²) in [6, 6.07) is 3.70. The first kappa shape index (κ1) is 12.4. The highest BCUT2D eigenvalue weighted by Crippen LogP contribution is 2.33. The molecule has 0 amide bonds. The van der Waals surface area contributed by atoms with Gasteiger partial charge >= 0.3 is 0 Å². The molecule has 2 rings (SSSR count). The lowest BCUT2D eigenvalue weighted by atomic mass is 10.0. The van der Waals surface area contributed by atoms with Crippen molar-refractivity contribution < 1.29 is 14.3 Å². The van der Waals surface area contributed by atoms with Crippen LogP contribution >= 0.6 is 11.6 Å². The van der Waals surface area contributed by atoms with Crippen LogP contribution in [0.3, 0.4) is 0 Å². The first-order valence-corrected chi connectivity index (χ1v) is 6.12. The third-order valence-corrected chi connectivity index (χ3v) is 2.90. The van der Waals surface area contributed by atoms with Crippen molar-refractivity contribution in [1.82, 2.24) is 0 Å². The molecule has 4 heteroatoms. The van der Waals surface area contributed by atoms with Crippen LogP contribution in [-0.2, 0) is 22.4 Å². The van der Waals surface area contributed by atoms with Crippen LogP contribution in [0.25, 0.3) is 0 Å². The summed E-state index contributed by atoms with van der Waals surface area (Å²) in [5.74, 6) is 0.881. The zero-order chi connectivity index (χ0) is 12.3. The number of carbonyl (C=O) groups is 1. The van der Waals surface area contributed by atoms with Crippen molar-refractivity contribution >= 4 is 17.4 Å². The van der Waals surface area contributed by atoms with Crippen LogP contribution in [0, 0.1) is 0 Å². The number of fused-ring (bicyclic) bond motifs is 1. The highest BCUT2D eigenvalue weighted by Gasteiger charge is 2.19. The van der Waals surface area contributed by atoms with Gasteiger partial charge in [0.25, 0.3) is 0 Å². The van der Waals surface area contributed by atoms with Crippen LogP contribution in [0.15, 0.2) is 12.1 Å². The molecule has 1 aliphatic heterocycles. The predicted molar refractivity (Wildman–Crippen MR) is 65.9 cm³/mol. The maximum Gasteiger partial charge on any atom is 0.162 e. The minimum atomic E-state index is 0.0480. The monoisotopic (exact) mass is 254 g/mol. The van der Waals surface area contributed by atoms with E-state index in [1.54, 1.807) is 6.07 Å². The van der Waals surface area contributed by atoms with E-state index in [4.69, 9.17) is 21.1 Å². The Bertz CT molecular complexity index is 429. The van der Waals surface area contributed by atoms with Crippen molar-refractivity contribution in [3.8, 4) is 5.75 Å². The summed E-state index contributed by atoms with van der Waals surface area (Å²) in [6.45, 7) is 3.24. The molecule has 0 saturated heterocycles. The molecule has 1 aromatic rings. The molecule has 0 atom stereocenters. The average molecular weight is 255 g/mol. The molecule has 0 saturated carbocycles. The molecular weight excluding hydrogens is 240 g/mol.